The largest absolute Gasteiger partial charge is 0.355 e. The van der Waals surface area contributed by atoms with Crippen LogP contribution in [0.1, 0.15) is 22.6 Å². The molecule has 0 amide bonds. The van der Waals surface area contributed by atoms with E-state index in [2.05, 4.69) is 35.2 Å². The van der Waals surface area contributed by atoms with Gasteiger partial charge >= 0.3 is 0 Å². The lowest BCUT2D eigenvalue weighted by Crippen LogP contribution is -2.18. The Bertz CT molecular complexity index is 862. The molecular weight excluding hydrogens is 338 g/mol. The Balaban J connectivity index is 1.46. The number of anilines is 1. The summed E-state index contributed by atoms with van der Waals surface area (Å²) in [5.41, 5.74) is 3.38. The second-order valence-electron chi connectivity index (χ2n) is 5.42. The van der Waals surface area contributed by atoms with Crippen LogP contribution in [0.25, 0.3) is 0 Å². The Labute approximate surface area is 149 Å². The molecule has 3 aromatic heterocycles. The molecule has 3 heterocycles. The van der Waals surface area contributed by atoms with Gasteiger partial charge in [0.05, 0.1) is 12.0 Å². The van der Waals surface area contributed by atoms with Gasteiger partial charge < -0.3 is 10.3 Å². The maximum atomic E-state index is 12.1. The zero-order valence-electron chi connectivity index (χ0n) is 13.8. The van der Waals surface area contributed by atoms with Crippen molar-refractivity contribution < 1.29 is 0 Å². The highest BCUT2D eigenvalue weighted by molar-refractivity contribution is 7.98. The van der Waals surface area contributed by atoms with E-state index in [-0.39, 0.29) is 5.56 Å². The number of nitrogens with one attached hydrogen (secondary N) is 3. The number of aryl methyl sites for hydroxylation is 1. The van der Waals surface area contributed by atoms with Gasteiger partial charge in [-0.2, -0.15) is 11.8 Å². The Morgan fingerprint density at radius 1 is 1.28 bits per heavy atom. The van der Waals surface area contributed by atoms with Crippen LogP contribution in [0.2, 0.25) is 0 Å². The SMILES string of the molecule is Cc1[nH]cnc1CSCCNc1ncc(Cc2ccncn2)c(=O)[nH]1. The van der Waals surface area contributed by atoms with E-state index in [0.717, 1.165) is 28.6 Å². The van der Waals surface area contributed by atoms with Gasteiger partial charge in [-0.3, -0.25) is 9.78 Å². The Morgan fingerprint density at radius 2 is 2.20 bits per heavy atom. The quantitative estimate of drug-likeness (QED) is 0.524. The number of aromatic nitrogens is 6. The van der Waals surface area contributed by atoms with Gasteiger partial charge in [0, 0.05) is 53.8 Å². The lowest BCUT2D eigenvalue weighted by molar-refractivity contribution is 0.968. The van der Waals surface area contributed by atoms with Crippen molar-refractivity contribution in [1.29, 1.82) is 0 Å². The van der Waals surface area contributed by atoms with E-state index in [9.17, 15) is 4.79 Å². The van der Waals surface area contributed by atoms with Gasteiger partial charge in [-0.05, 0) is 13.0 Å². The number of hydrogen-bond donors (Lipinski definition) is 3. The molecule has 0 saturated carbocycles. The molecule has 130 valence electrons. The normalized spacial score (nSPS) is 10.8. The number of aromatic amines is 2. The molecule has 0 unspecified atom stereocenters. The summed E-state index contributed by atoms with van der Waals surface area (Å²) in [5, 5.41) is 3.13. The molecule has 3 N–H and O–H groups in total. The Kier molecular flexibility index (Phi) is 5.78. The molecule has 9 heteroatoms. The van der Waals surface area contributed by atoms with Gasteiger partial charge in [-0.1, -0.05) is 0 Å². The Morgan fingerprint density at radius 3 is 2.92 bits per heavy atom. The zero-order chi connectivity index (χ0) is 17.5. The van der Waals surface area contributed by atoms with Crippen LogP contribution in [0.5, 0.6) is 0 Å². The molecule has 25 heavy (non-hydrogen) atoms. The van der Waals surface area contributed by atoms with Crippen LogP contribution in [0.3, 0.4) is 0 Å². The molecule has 0 radical (unpaired) electrons. The van der Waals surface area contributed by atoms with Crippen molar-refractivity contribution in [2.75, 3.05) is 17.6 Å². The summed E-state index contributed by atoms with van der Waals surface area (Å²) in [5.74, 6) is 2.23. The second kappa shape index (κ2) is 8.43. The minimum absolute atomic E-state index is 0.157. The monoisotopic (exact) mass is 357 g/mol. The minimum atomic E-state index is -0.157. The van der Waals surface area contributed by atoms with Crippen molar-refractivity contribution in [2.45, 2.75) is 19.1 Å². The van der Waals surface area contributed by atoms with Crippen molar-refractivity contribution in [3.63, 3.8) is 0 Å². The van der Waals surface area contributed by atoms with Crippen LogP contribution in [0, 0.1) is 6.92 Å². The topological polar surface area (TPSA) is 112 Å². The van der Waals surface area contributed by atoms with Gasteiger partial charge in [0.2, 0.25) is 5.95 Å². The maximum absolute atomic E-state index is 12.1. The molecule has 0 spiro atoms. The lowest BCUT2D eigenvalue weighted by atomic mass is 10.2. The van der Waals surface area contributed by atoms with Gasteiger partial charge in [0.15, 0.2) is 0 Å². The van der Waals surface area contributed by atoms with E-state index in [1.54, 1.807) is 36.5 Å². The van der Waals surface area contributed by atoms with Crippen molar-refractivity contribution in [2.24, 2.45) is 0 Å². The fourth-order valence-corrected chi connectivity index (χ4v) is 3.07. The third-order valence-corrected chi connectivity index (χ3v) is 4.57. The van der Waals surface area contributed by atoms with E-state index in [1.165, 1.54) is 6.33 Å². The molecule has 0 saturated heterocycles. The molecule has 8 nitrogen and oxygen atoms in total. The smallest absolute Gasteiger partial charge is 0.255 e. The highest BCUT2D eigenvalue weighted by Gasteiger charge is 2.05. The summed E-state index contributed by atoms with van der Waals surface area (Å²) in [6.45, 7) is 2.72. The predicted molar refractivity (Wildman–Crippen MR) is 97.7 cm³/mol. The highest BCUT2D eigenvalue weighted by atomic mass is 32.2. The van der Waals surface area contributed by atoms with Gasteiger partial charge in [-0.15, -0.1) is 0 Å². The van der Waals surface area contributed by atoms with E-state index < -0.39 is 0 Å². The molecule has 0 atom stereocenters. The number of imidazole rings is 1. The average Bonchev–Trinajstić information content (AvgIpc) is 3.03. The minimum Gasteiger partial charge on any atom is -0.355 e. The Hall–Kier alpha value is -2.68. The summed E-state index contributed by atoms with van der Waals surface area (Å²) < 4.78 is 0. The van der Waals surface area contributed by atoms with E-state index in [4.69, 9.17) is 0 Å². The summed E-state index contributed by atoms with van der Waals surface area (Å²) in [6.07, 6.45) is 6.85. The standard InChI is InChI=1S/C16H19N7OS/c1-11-14(22-10-20-11)8-25-5-4-18-16-19-7-12(15(24)23-16)6-13-2-3-17-9-21-13/h2-3,7,9-10H,4-6,8H2,1H3,(H,20,22)(H2,18,19,23,24). The van der Waals surface area contributed by atoms with Crippen LogP contribution in [-0.2, 0) is 12.2 Å². The first-order valence-corrected chi connectivity index (χ1v) is 9.01. The summed E-state index contributed by atoms with van der Waals surface area (Å²) >= 11 is 1.77. The number of thioether (sulfide) groups is 1. The predicted octanol–water partition coefficient (Wildman–Crippen LogP) is 1.53. The average molecular weight is 357 g/mol. The molecule has 3 aromatic rings. The summed E-state index contributed by atoms with van der Waals surface area (Å²) in [4.78, 5) is 34.5. The fourth-order valence-electron chi connectivity index (χ4n) is 2.20. The molecule has 0 aliphatic rings. The van der Waals surface area contributed by atoms with Crippen molar-refractivity contribution >= 4 is 17.7 Å². The zero-order valence-corrected chi connectivity index (χ0v) is 14.6. The van der Waals surface area contributed by atoms with Crippen LogP contribution >= 0.6 is 11.8 Å². The number of hydrogen-bond acceptors (Lipinski definition) is 7. The van der Waals surface area contributed by atoms with E-state index in [0.29, 0.717) is 24.5 Å². The molecule has 3 rings (SSSR count). The van der Waals surface area contributed by atoms with Gasteiger partial charge in [0.25, 0.3) is 5.56 Å². The molecule has 0 bridgehead atoms. The first-order chi connectivity index (χ1) is 12.2. The summed E-state index contributed by atoms with van der Waals surface area (Å²) in [6, 6.07) is 1.78. The molecule has 0 aromatic carbocycles. The maximum Gasteiger partial charge on any atom is 0.255 e. The number of rotatable bonds is 8. The lowest BCUT2D eigenvalue weighted by Gasteiger charge is -2.06. The number of nitrogens with zero attached hydrogens (tertiary/aromatic N) is 4. The van der Waals surface area contributed by atoms with Crippen molar-refractivity contribution in [3.8, 4) is 0 Å². The molecule has 0 aliphatic heterocycles. The molecule has 0 aliphatic carbocycles. The van der Waals surface area contributed by atoms with E-state index in [1.807, 2.05) is 6.92 Å². The molecular formula is C16H19N7OS. The van der Waals surface area contributed by atoms with Crippen LogP contribution in [0.4, 0.5) is 5.95 Å². The summed E-state index contributed by atoms with van der Waals surface area (Å²) in [7, 11) is 0. The third-order valence-electron chi connectivity index (χ3n) is 3.60. The fraction of sp³-hybridized carbons (Fsp3) is 0.312. The van der Waals surface area contributed by atoms with Crippen molar-refractivity contribution in [3.05, 3.63) is 64.1 Å². The van der Waals surface area contributed by atoms with Crippen LogP contribution in [0.15, 0.2) is 35.9 Å². The highest BCUT2D eigenvalue weighted by Crippen LogP contribution is 2.12. The second-order valence-corrected chi connectivity index (χ2v) is 6.52. The van der Waals surface area contributed by atoms with Gasteiger partial charge in [-0.25, -0.2) is 19.9 Å². The third kappa shape index (κ3) is 4.90. The van der Waals surface area contributed by atoms with Crippen molar-refractivity contribution in [1.82, 2.24) is 29.9 Å². The number of H-pyrrole nitrogens is 2. The first-order valence-electron chi connectivity index (χ1n) is 7.86. The van der Waals surface area contributed by atoms with Gasteiger partial charge in [0.1, 0.15) is 6.33 Å². The molecule has 0 fully saturated rings. The van der Waals surface area contributed by atoms with Crippen LogP contribution in [-0.4, -0.2) is 42.2 Å². The first kappa shape index (κ1) is 17.2. The van der Waals surface area contributed by atoms with Crippen LogP contribution < -0.4 is 10.9 Å². The van der Waals surface area contributed by atoms with E-state index >= 15 is 0 Å².